The van der Waals surface area contributed by atoms with Crippen LogP contribution in [0, 0.1) is 0 Å². The van der Waals surface area contributed by atoms with Crippen molar-refractivity contribution in [3.05, 3.63) is 34.9 Å². The average molecular weight is 268 g/mol. The third kappa shape index (κ3) is 4.97. The van der Waals surface area contributed by atoms with Gasteiger partial charge in [-0.1, -0.05) is 30.2 Å². The summed E-state index contributed by atoms with van der Waals surface area (Å²) in [5.41, 5.74) is 1.36. The number of halogens is 1. The molecule has 1 fully saturated rings. The van der Waals surface area contributed by atoms with E-state index in [2.05, 4.69) is 17.0 Å². The maximum absolute atomic E-state index is 5.97. The Balaban J connectivity index is 1.55. The fourth-order valence-corrected chi connectivity index (χ4v) is 2.57. The van der Waals surface area contributed by atoms with Crippen molar-refractivity contribution in [3.8, 4) is 0 Å². The van der Waals surface area contributed by atoms with Gasteiger partial charge in [0.15, 0.2) is 0 Å². The van der Waals surface area contributed by atoms with Gasteiger partial charge in [-0.15, -0.1) is 0 Å². The molecule has 0 aromatic heterocycles. The van der Waals surface area contributed by atoms with Crippen molar-refractivity contribution in [2.75, 3.05) is 32.8 Å². The largest absolute Gasteiger partial charge is 0.379 e. The van der Waals surface area contributed by atoms with Crippen molar-refractivity contribution < 1.29 is 4.74 Å². The van der Waals surface area contributed by atoms with Crippen LogP contribution in [-0.4, -0.2) is 37.7 Å². The van der Waals surface area contributed by atoms with Crippen LogP contribution in [0.15, 0.2) is 24.3 Å². The molecule has 1 aliphatic heterocycles. The zero-order valence-electron chi connectivity index (χ0n) is 10.9. The van der Waals surface area contributed by atoms with E-state index < -0.39 is 0 Å². The summed E-state index contributed by atoms with van der Waals surface area (Å²) in [4.78, 5) is 2.50. The molecule has 3 heteroatoms. The van der Waals surface area contributed by atoms with Crippen LogP contribution in [0.2, 0.25) is 5.02 Å². The normalized spacial score (nSPS) is 16.9. The van der Waals surface area contributed by atoms with Crippen molar-refractivity contribution in [1.82, 2.24) is 4.90 Å². The topological polar surface area (TPSA) is 12.5 Å². The minimum absolute atomic E-state index is 0.848. The molecule has 0 radical (unpaired) electrons. The van der Waals surface area contributed by atoms with Gasteiger partial charge in [-0.05, 0) is 43.5 Å². The number of unbranched alkanes of at least 4 members (excludes halogenated alkanes) is 2. The lowest BCUT2D eigenvalue weighted by Crippen LogP contribution is -2.36. The van der Waals surface area contributed by atoms with Gasteiger partial charge >= 0.3 is 0 Å². The SMILES string of the molecule is Clc1cccc(CCCCCN2CCOCC2)c1. The molecule has 0 spiro atoms. The Hall–Kier alpha value is -0.570. The van der Waals surface area contributed by atoms with Crippen molar-refractivity contribution >= 4 is 11.6 Å². The molecule has 0 unspecified atom stereocenters. The Morgan fingerprint density at radius 1 is 1.11 bits per heavy atom. The summed E-state index contributed by atoms with van der Waals surface area (Å²) in [7, 11) is 0. The maximum Gasteiger partial charge on any atom is 0.0594 e. The highest BCUT2D eigenvalue weighted by molar-refractivity contribution is 6.30. The molecule has 0 saturated carbocycles. The summed E-state index contributed by atoms with van der Waals surface area (Å²) in [5, 5.41) is 0.848. The fourth-order valence-electron chi connectivity index (χ4n) is 2.36. The highest BCUT2D eigenvalue weighted by atomic mass is 35.5. The monoisotopic (exact) mass is 267 g/mol. The minimum atomic E-state index is 0.848. The van der Waals surface area contributed by atoms with Gasteiger partial charge < -0.3 is 4.74 Å². The van der Waals surface area contributed by atoms with Gasteiger partial charge in [-0.2, -0.15) is 0 Å². The molecule has 0 atom stereocenters. The second-order valence-corrected chi connectivity index (χ2v) is 5.33. The molecule has 0 N–H and O–H groups in total. The molecule has 2 nitrogen and oxygen atoms in total. The molecule has 1 aliphatic rings. The third-order valence-corrected chi connectivity index (χ3v) is 3.67. The van der Waals surface area contributed by atoms with Crippen molar-refractivity contribution in [3.63, 3.8) is 0 Å². The quantitative estimate of drug-likeness (QED) is 0.733. The molecular formula is C15H22ClNO. The van der Waals surface area contributed by atoms with Gasteiger partial charge in [0.1, 0.15) is 0 Å². The molecular weight excluding hydrogens is 246 g/mol. The van der Waals surface area contributed by atoms with Crippen LogP contribution in [-0.2, 0) is 11.2 Å². The lowest BCUT2D eigenvalue weighted by molar-refractivity contribution is 0.0371. The van der Waals surface area contributed by atoms with E-state index in [9.17, 15) is 0 Å². The molecule has 100 valence electrons. The third-order valence-electron chi connectivity index (χ3n) is 3.43. The predicted molar refractivity (Wildman–Crippen MR) is 76.3 cm³/mol. The zero-order chi connectivity index (χ0) is 12.6. The number of rotatable bonds is 6. The van der Waals surface area contributed by atoms with E-state index in [0.717, 1.165) is 37.7 Å². The van der Waals surface area contributed by atoms with Crippen LogP contribution in [0.3, 0.4) is 0 Å². The Kier molecular flexibility index (Phi) is 5.98. The van der Waals surface area contributed by atoms with Crippen LogP contribution in [0.1, 0.15) is 24.8 Å². The van der Waals surface area contributed by atoms with Crippen molar-refractivity contribution in [1.29, 1.82) is 0 Å². The first-order valence-electron chi connectivity index (χ1n) is 6.89. The van der Waals surface area contributed by atoms with Gasteiger partial charge in [0.05, 0.1) is 13.2 Å². The van der Waals surface area contributed by atoms with E-state index in [4.69, 9.17) is 16.3 Å². The summed E-state index contributed by atoms with van der Waals surface area (Å²) >= 11 is 5.97. The number of aryl methyl sites for hydroxylation is 1. The smallest absolute Gasteiger partial charge is 0.0594 e. The number of hydrogen-bond donors (Lipinski definition) is 0. The summed E-state index contributed by atoms with van der Waals surface area (Å²) in [5.74, 6) is 0. The van der Waals surface area contributed by atoms with Crippen molar-refractivity contribution in [2.45, 2.75) is 25.7 Å². The van der Waals surface area contributed by atoms with Gasteiger partial charge in [0.25, 0.3) is 0 Å². The highest BCUT2D eigenvalue weighted by Crippen LogP contribution is 2.13. The fraction of sp³-hybridized carbons (Fsp3) is 0.600. The molecule has 0 aliphatic carbocycles. The van der Waals surface area contributed by atoms with Gasteiger partial charge in [0, 0.05) is 18.1 Å². The molecule has 1 aromatic carbocycles. The van der Waals surface area contributed by atoms with E-state index in [0.29, 0.717) is 0 Å². The molecule has 0 bridgehead atoms. The number of hydrogen-bond acceptors (Lipinski definition) is 2. The highest BCUT2D eigenvalue weighted by Gasteiger charge is 2.08. The summed E-state index contributed by atoms with van der Waals surface area (Å²) in [6.45, 7) is 5.24. The molecule has 1 saturated heterocycles. The Morgan fingerprint density at radius 2 is 1.94 bits per heavy atom. The van der Waals surface area contributed by atoms with E-state index in [-0.39, 0.29) is 0 Å². The Bertz CT molecular complexity index is 350. The van der Waals surface area contributed by atoms with Crippen molar-refractivity contribution in [2.24, 2.45) is 0 Å². The molecule has 18 heavy (non-hydrogen) atoms. The van der Waals surface area contributed by atoms with Crippen LogP contribution in [0.25, 0.3) is 0 Å². The Labute approximate surface area is 115 Å². The predicted octanol–water partition coefficient (Wildman–Crippen LogP) is 3.39. The first-order valence-corrected chi connectivity index (χ1v) is 7.27. The number of benzene rings is 1. The summed E-state index contributed by atoms with van der Waals surface area (Å²) < 4.78 is 5.34. The van der Waals surface area contributed by atoms with E-state index in [1.54, 1.807) is 0 Å². The standard InChI is InChI=1S/C15H22ClNO/c16-15-7-4-6-14(13-15)5-2-1-3-8-17-9-11-18-12-10-17/h4,6-7,13H,1-3,5,8-12H2. The maximum atomic E-state index is 5.97. The van der Waals surface area contributed by atoms with Crippen LogP contribution < -0.4 is 0 Å². The van der Waals surface area contributed by atoms with E-state index in [1.807, 2.05) is 12.1 Å². The Morgan fingerprint density at radius 3 is 2.72 bits per heavy atom. The lowest BCUT2D eigenvalue weighted by Gasteiger charge is -2.26. The van der Waals surface area contributed by atoms with Gasteiger partial charge in [-0.25, -0.2) is 0 Å². The van der Waals surface area contributed by atoms with Crippen LogP contribution in [0.5, 0.6) is 0 Å². The van der Waals surface area contributed by atoms with E-state index >= 15 is 0 Å². The van der Waals surface area contributed by atoms with Crippen LogP contribution in [0.4, 0.5) is 0 Å². The number of nitrogens with zero attached hydrogens (tertiary/aromatic N) is 1. The van der Waals surface area contributed by atoms with Gasteiger partial charge in [0.2, 0.25) is 0 Å². The zero-order valence-corrected chi connectivity index (χ0v) is 11.7. The molecule has 1 heterocycles. The first-order chi connectivity index (χ1) is 8.84. The average Bonchev–Trinajstić information content (AvgIpc) is 2.40. The summed E-state index contributed by atoms with van der Waals surface area (Å²) in [6.07, 6.45) is 4.98. The molecule has 2 rings (SSSR count). The van der Waals surface area contributed by atoms with E-state index in [1.165, 1.54) is 31.4 Å². The molecule has 0 amide bonds. The lowest BCUT2D eigenvalue weighted by atomic mass is 10.1. The van der Waals surface area contributed by atoms with Gasteiger partial charge in [-0.3, -0.25) is 4.90 Å². The number of morpholine rings is 1. The molecule has 1 aromatic rings. The summed E-state index contributed by atoms with van der Waals surface area (Å²) in [6, 6.07) is 8.20. The number of ether oxygens (including phenoxy) is 1. The second kappa shape index (κ2) is 7.78. The van der Waals surface area contributed by atoms with Crippen LogP contribution >= 0.6 is 11.6 Å². The minimum Gasteiger partial charge on any atom is -0.379 e. The first kappa shape index (κ1) is 13.9. The second-order valence-electron chi connectivity index (χ2n) is 4.89.